The van der Waals surface area contributed by atoms with Gasteiger partial charge < -0.3 is 15.4 Å². The molecule has 3 amide bonds. The second kappa shape index (κ2) is 14.6. The van der Waals surface area contributed by atoms with Crippen LogP contribution >= 0.6 is 0 Å². The summed E-state index contributed by atoms with van der Waals surface area (Å²) >= 11 is 0. The molecule has 2 aromatic rings. The van der Waals surface area contributed by atoms with Crippen molar-refractivity contribution in [1.29, 1.82) is 0 Å². The van der Waals surface area contributed by atoms with Crippen molar-refractivity contribution in [1.82, 2.24) is 16.1 Å². The van der Waals surface area contributed by atoms with Crippen molar-refractivity contribution in [3.63, 3.8) is 0 Å². The summed E-state index contributed by atoms with van der Waals surface area (Å²) in [5, 5.41) is 14.2. The van der Waals surface area contributed by atoms with Crippen LogP contribution < -0.4 is 20.9 Å². The Balaban J connectivity index is 1.76. The minimum Gasteiger partial charge on any atom is -0.494 e. The lowest BCUT2D eigenvalue weighted by Crippen LogP contribution is -2.47. The van der Waals surface area contributed by atoms with Crippen molar-refractivity contribution >= 4 is 17.7 Å². The van der Waals surface area contributed by atoms with Crippen LogP contribution in [0.2, 0.25) is 0 Å². The van der Waals surface area contributed by atoms with Gasteiger partial charge in [0.2, 0.25) is 17.7 Å². The summed E-state index contributed by atoms with van der Waals surface area (Å²) in [6.45, 7) is 0.642. The van der Waals surface area contributed by atoms with Crippen molar-refractivity contribution in [2.24, 2.45) is 0 Å². The molecule has 0 aliphatic rings. The van der Waals surface area contributed by atoms with Crippen molar-refractivity contribution in [3.05, 3.63) is 65.7 Å². The molecule has 0 saturated heterocycles. The van der Waals surface area contributed by atoms with E-state index in [1.54, 1.807) is 29.7 Å². The van der Waals surface area contributed by atoms with Gasteiger partial charge >= 0.3 is 0 Å². The van der Waals surface area contributed by atoms with E-state index in [-0.39, 0.29) is 24.7 Å². The second-order valence-corrected chi connectivity index (χ2v) is 7.74. The van der Waals surface area contributed by atoms with E-state index in [9.17, 15) is 14.4 Å². The molecule has 0 saturated carbocycles. The highest BCUT2D eigenvalue weighted by Gasteiger charge is 2.21. The normalized spacial score (nSPS) is 11.3. The zero-order valence-corrected chi connectivity index (χ0v) is 19.0. The van der Waals surface area contributed by atoms with Gasteiger partial charge in [-0.1, -0.05) is 55.3 Å². The maximum atomic E-state index is 12.4. The first kappa shape index (κ1) is 25.9. The number of hydrogen-bond donors (Lipinski definition) is 4. The topological polar surface area (TPSA) is 117 Å². The lowest BCUT2D eigenvalue weighted by molar-refractivity contribution is -0.128. The number of benzene rings is 2. The highest BCUT2D eigenvalue weighted by Crippen LogP contribution is 2.13. The summed E-state index contributed by atoms with van der Waals surface area (Å²) in [5.74, 6) is -0.176. The molecule has 2 aromatic carbocycles. The highest BCUT2D eigenvalue weighted by molar-refractivity contribution is 5.87. The molecule has 8 heteroatoms. The van der Waals surface area contributed by atoms with E-state index in [0.717, 1.165) is 37.0 Å². The summed E-state index contributed by atoms with van der Waals surface area (Å²) < 4.78 is 5.66. The third kappa shape index (κ3) is 9.74. The molecule has 4 N–H and O–H groups in total. The van der Waals surface area contributed by atoms with Crippen LogP contribution in [0, 0.1) is 0 Å². The molecular formula is C25H33N3O5. The number of nitrogens with one attached hydrogen (secondary N) is 3. The second-order valence-electron chi connectivity index (χ2n) is 7.74. The van der Waals surface area contributed by atoms with Crippen molar-refractivity contribution in [2.45, 2.75) is 51.0 Å². The number of likely N-dealkylation sites (N-methyl/N-ethyl adjacent to an activating group) is 1. The first-order valence-electron chi connectivity index (χ1n) is 11.2. The molecule has 0 bridgehead atoms. The van der Waals surface area contributed by atoms with Crippen LogP contribution in [0.4, 0.5) is 0 Å². The smallest absolute Gasteiger partial charge is 0.247 e. The summed E-state index contributed by atoms with van der Waals surface area (Å²) in [5.41, 5.74) is 3.06. The van der Waals surface area contributed by atoms with Crippen LogP contribution in [0.15, 0.2) is 54.6 Å². The zero-order chi connectivity index (χ0) is 23.9. The Bertz CT molecular complexity index is 889. The summed E-state index contributed by atoms with van der Waals surface area (Å²) in [4.78, 5) is 36.3. The quantitative estimate of drug-likeness (QED) is 0.198. The number of unbranched alkanes of at least 4 members (excludes halogenated alkanes) is 3. The first-order valence-corrected chi connectivity index (χ1v) is 11.2. The first-order chi connectivity index (χ1) is 16.0. The Kier molecular flexibility index (Phi) is 11.5. The molecule has 0 aliphatic carbocycles. The number of hydrogen-bond acceptors (Lipinski definition) is 5. The SMILES string of the molecule is CNC(=O)[C@H](Cc1ccccc1CC(=O)NO)NC(=O)CCCCCCOc1ccccc1. The fourth-order valence-electron chi connectivity index (χ4n) is 3.46. The largest absolute Gasteiger partial charge is 0.494 e. The molecule has 0 spiro atoms. The standard InChI is InChI=1S/C25H33N3O5/c1-26-25(31)22(17-19-11-8-9-12-20(19)18-24(30)28-32)27-23(29)15-7-2-3-10-16-33-21-13-5-4-6-14-21/h4-6,8-9,11-14,22,32H,2-3,7,10,15-18H2,1H3,(H,26,31)(H,27,29)(H,28,30)/t22-/m0/s1. The van der Waals surface area contributed by atoms with E-state index in [4.69, 9.17) is 9.94 Å². The lowest BCUT2D eigenvalue weighted by atomic mass is 9.97. The predicted molar refractivity (Wildman–Crippen MR) is 125 cm³/mol. The van der Waals surface area contributed by atoms with E-state index >= 15 is 0 Å². The van der Waals surface area contributed by atoms with Gasteiger partial charge in [0, 0.05) is 19.9 Å². The summed E-state index contributed by atoms with van der Waals surface area (Å²) in [6, 6.07) is 16.1. The van der Waals surface area contributed by atoms with Crippen LogP contribution in [0.3, 0.4) is 0 Å². The van der Waals surface area contributed by atoms with Crippen molar-refractivity contribution < 1.29 is 24.3 Å². The molecule has 0 fully saturated rings. The molecule has 2 rings (SSSR count). The zero-order valence-electron chi connectivity index (χ0n) is 19.0. The van der Waals surface area contributed by atoms with Gasteiger partial charge in [-0.25, -0.2) is 5.48 Å². The molecule has 178 valence electrons. The maximum Gasteiger partial charge on any atom is 0.247 e. The molecule has 0 aliphatic heterocycles. The Morgan fingerprint density at radius 1 is 0.879 bits per heavy atom. The van der Waals surface area contributed by atoms with Gasteiger partial charge in [0.25, 0.3) is 0 Å². The third-order valence-corrected chi connectivity index (χ3v) is 5.23. The Morgan fingerprint density at radius 3 is 2.24 bits per heavy atom. The number of carbonyl (C=O) groups excluding carboxylic acids is 3. The fraction of sp³-hybridized carbons (Fsp3) is 0.400. The van der Waals surface area contributed by atoms with Crippen molar-refractivity contribution in [3.8, 4) is 5.75 Å². The Labute approximate surface area is 194 Å². The minimum atomic E-state index is -0.750. The number of amides is 3. The van der Waals surface area contributed by atoms with Gasteiger partial charge in [0.05, 0.1) is 13.0 Å². The molecule has 0 heterocycles. The average molecular weight is 456 g/mol. The van der Waals surface area contributed by atoms with Gasteiger partial charge in [-0.15, -0.1) is 0 Å². The molecule has 8 nitrogen and oxygen atoms in total. The van der Waals surface area contributed by atoms with Gasteiger partial charge in [-0.05, 0) is 36.1 Å². The van der Waals surface area contributed by atoms with Crippen LogP contribution in [0.25, 0.3) is 0 Å². The lowest BCUT2D eigenvalue weighted by Gasteiger charge is -2.19. The minimum absolute atomic E-state index is 0.0188. The molecule has 0 radical (unpaired) electrons. The van der Waals surface area contributed by atoms with E-state index in [1.165, 1.54) is 7.05 Å². The number of ether oxygens (including phenoxy) is 1. The molecule has 0 aromatic heterocycles. The Morgan fingerprint density at radius 2 is 1.55 bits per heavy atom. The fourth-order valence-corrected chi connectivity index (χ4v) is 3.46. The third-order valence-electron chi connectivity index (χ3n) is 5.23. The molecule has 1 atom stereocenters. The van der Waals surface area contributed by atoms with Gasteiger partial charge in [0.15, 0.2) is 0 Å². The van der Waals surface area contributed by atoms with Gasteiger partial charge in [0.1, 0.15) is 11.8 Å². The maximum absolute atomic E-state index is 12.4. The summed E-state index contributed by atoms with van der Waals surface area (Å²) in [7, 11) is 1.52. The van der Waals surface area contributed by atoms with Crippen LogP contribution in [0.1, 0.15) is 43.2 Å². The monoisotopic (exact) mass is 455 g/mol. The van der Waals surface area contributed by atoms with E-state index in [0.29, 0.717) is 18.6 Å². The van der Waals surface area contributed by atoms with E-state index in [1.807, 2.05) is 30.3 Å². The van der Waals surface area contributed by atoms with Gasteiger partial charge in [-0.2, -0.15) is 0 Å². The average Bonchev–Trinajstić information content (AvgIpc) is 2.84. The molecular weight excluding hydrogens is 422 g/mol. The highest BCUT2D eigenvalue weighted by atomic mass is 16.5. The number of hydroxylamine groups is 1. The van der Waals surface area contributed by atoms with Crippen molar-refractivity contribution in [2.75, 3.05) is 13.7 Å². The van der Waals surface area contributed by atoms with Crippen LogP contribution in [-0.4, -0.2) is 42.6 Å². The predicted octanol–water partition coefficient (Wildman–Crippen LogP) is 2.54. The Hall–Kier alpha value is -3.39. The molecule has 0 unspecified atom stereocenters. The van der Waals surface area contributed by atoms with Gasteiger partial charge in [-0.3, -0.25) is 19.6 Å². The molecule has 33 heavy (non-hydrogen) atoms. The number of rotatable bonds is 14. The van der Waals surface area contributed by atoms with E-state index < -0.39 is 11.9 Å². The van der Waals surface area contributed by atoms with E-state index in [2.05, 4.69) is 10.6 Å². The van der Waals surface area contributed by atoms with Crippen LogP contribution in [-0.2, 0) is 27.2 Å². The summed E-state index contributed by atoms with van der Waals surface area (Å²) in [6.07, 6.45) is 4.06. The van der Waals surface area contributed by atoms with Crippen LogP contribution in [0.5, 0.6) is 5.75 Å². The number of carbonyl (C=O) groups is 3. The number of para-hydroxylation sites is 1.